The standard InChI is InChI=1S/C23H30N4O/c1-15-6-7-19-17(12-15)18(14-24-19)16-8-10-27(11-9-16)22(28)20-13-21(23(2,3)4)25-26(20)5/h6-7,12-14,16,24H,8-11H2,1-5H3. The van der Waals surface area contributed by atoms with Gasteiger partial charge in [0.05, 0.1) is 5.69 Å². The molecule has 1 amide bonds. The van der Waals surface area contributed by atoms with Gasteiger partial charge in [-0.1, -0.05) is 32.4 Å². The Labute approximate surface area is 166 Å². The molecule has 28 heavy (non-hydrogen) atoms. The van der Waals surface area contributed by atoms with E-state index in [4.69, 9.17) is 0 Å². The number of carbonyl (C=O) groups is 1. The first kappa shape index (κ1) is 18.8. The fourth-order valence-corrected chi connectivity index (χ4v) is 4.18. The summed E-state index contributed by atoms with van der Waals surface area (Å²) in [6.45, 7) is 10.1. The summed E-state index contributed by atoms with van der Waals surface area (Å²) in [6.07, 6.45) is 4.15. The zero-order chi connectivity index (χ0) is 20.1. The van der Waals surface area contributed by atoms with Crippen LogP contribution in [0, 0.1) is 6.92 Å². The molecule has 2 aromatic heterocycles. The molecule has 1 fully saturated rings. The summed E-state index contributed by atoms with van der Waals surface area (Å²) < 4.78 is 1.73. The van der Waals surface area contributed by atoms with Crippen LogP contribution in [0.25, 0.3) is 10.9 Å². The smallest absolute Gasteiger partial charge is 0.272 e. The van der Waals surface area contributed by atoms with Gasteiger partial charge in [-0.15, -0.1) is 0 Å². The van der Waals surface area contributed by atoms with Crippen molar-refractivity contribution in [3.63, 3.8) is 0 Å². The molecule has 0 unspecified atom stereocenters. The molecular formula is C23H30N4O. The minimum absolute atomic E-state index is 0.0588. The molecule has 0 spiro atoms. The number of hydrogen-bond acceptors (Lipinski definition) is 2. The highest BCUT2D eigenvalue weighted by molar-refractivity contribution is 5.93. The van der Waals surface area contributed by atoms with Crippen molar-refractivity contribution in [1.29, 1.82) is 0 Å². The maximum absolute atomic E-state index is 13.1. The number of benzene rings is 1. The van der Waals surface area contributed by atoms with Crippen molar-refractivity contribution in [1.82, 2.24) is 19.7 Å². The Morgan fingerprint density at radius 3 is 2.54 bits per heavy atom. The van der Waals surface area contributed by atoms with Crippen molar-refractivity contribution >= 4 is 16.8 Å². The number of hydrogen-bond donors (Lipinski definition) is 1. The minimum atomic E-state index is -0.0588. The highest BCUT2D eigenvalue weighted by Gasteiger charge is 2.29. The fraction of sp³-hybridized carbons (Fsp3) is 0.478. The lowest BCUT2D eigenvalue weighted by atomic mass is 9.88. The van der Waals surface area contributed by atoms with Crippen LogP contribution in [0.3, 0.4) is 0 Å². The van der Waals surface area contributed by atoms with Crippen LogP contribution in [0.15, 0.2) is 30.5 Å². The summed E-state index contributed by atoms with van der Waals surface area (Å²) >= 11 is 0. The number of likely N-dealkylation sites (tertiary alicyclic amines) is 1. The molecule has 1 aromatic carbocycles. The topological polar surface area (TPSA) is 53.9 Å². The average Bonchev–Trinajstić information content (AvgIpc) is 3.24. The quantitative estimate of drug-likeness (QED) is 0.712. The predicted octanol–water partition coefficient (Wildman–Crippen LogP) is 4.53. The SMILES string of the molecule is Cc1ccc2[nH]cc(C3CCN(C(=O)c4cc(C(C)(C)C)nn4C)CC3)c2c1. The first-order valence-corrected chi connectivity index (χ1v) is 10.2. The van der Waals surface area contributed by atoms with Gasteiger partial charge in [0.25, 0.3) is 5.91 Å². The largest absolute Gasteiger partial charge is 0.361 e. The number of fused-ring (bicyclic) bond motifs is 1. The summed E-state index contributed by atoms with van der Waals surface area (Å²) in [6, 6.07) is 8.52. The number of rotatable bonds is 2. The Hall–Kier alpha value is -2.56. The molecule has 1 N–H and O–H groups in total. The lowest BCUT2D eigenvalue weighted by Gasteiger charge is -2.32. The molecule has 1 aliphatic rings. The van der Waals surface area contributed by atoms with Gasteiger partial charge in [-0.2, -0.15) is 5.10 Å². The summed E-state index contributed by atoms with van der Waals surface area (Å²) in [5.74, 6) is 0.593. The normalized spacial score (nSPS) is 16.1. The third-order valence-electron chi connectivity index (χ3n) is 5.96. The van der Waals surface area contributed by atoms with Gasteiger partial charge in [-0.25, -0.2) is 0 Å². The van der Waals surface area contributed by atoms with E-state index in [2.05, 4.69) is 62.2 Å². The van der Waals surface area contributed by atoms with E-state index in [9.17, 15) is 4.79 Å². The van der Waals surface area contributed by atoms with E-state index in [0.29, 0.717) is 11.6 Å². The average molecular weight is 379 g/mol. The number of piperidine rings is 1. The van der Waals surface area contributed by atoms with Crippen molar-refractivity contribution in [2.75, 3.05) is 13.1 Å². The molecule has 0 saturated carbocycles. The minimum Gasteiger partial charge on any atom is -0.361 e. The molecule has 3 heterocycles. The fourth-order valence-electron chi connectivity index (χ4n) is 4.18. The van der Waals surface area contributed by atoms with Crippen molar-refractivity contribution < 1.29 is 4.79 Å². The van der Waals surface area contributed by atoms with Crippen LogP contribution in [0.4, 0.5) is 0 Å². The Morgan fingerprint density at radius 2 is 1.89 bits per heavy atom. The highest BCUT2D eigenvalue weighted by atomic mass is 16.2. The van der Waals surface area contributed by atoms with Crippen LogP contribution in [0.5, 0.6) is 0 Å². The number of carbonyl (C=O) groups excluding carboxylic acids is 1. The van der Waals surface area contributed by atoms with E-state index >= 15 is 0 Å². The molecular weight excluding hydrogens is 348 g/mol. The van der Waals surface area contributed by atoms with E-state index in [-0.39, 0.29) is 11.3 Å². The summed E-state index contributed by atoms with van der Waals surface area (Å²) in [5.41, 5.74) is 5.46. The van der Waals surface area contributed by atoms with E-state index in [1.54, 1.807) is 4.68 Å². The first-order chi connectivity index (χ1) is 13.2. The number of amides is 1. The van der Waals surface area contributed by atoms with Gasteiger partial charge < -0.3 is 9.88 Å². The highest BCUT2D eigenvalue weighted by Crippen LogP contribution is 2.34. The molecule has 0 aliphatic carbocycles. The van der Waals surface area contributed by atoms with Gasteiger partial charge in [-0.05, 0) is 49.4 Å². The Morgan fingerprint density at radius 1 is 1.18 bits per heavy atom. The van der Waals surface area contributed by atoms with Crippen LogP contribution < -0.4 is 0 Å². The molecule has 5 nitrogen and oxygen atoms in total. The number of aromatic amines is 1. The van der Waals surface area contributed by atoms with E-state index in [1.807, 2.05) is 18.0 Å². The summed E-state index contributed by atoms with van der Waals surface area (Å²) in [4.78, 5) is 18.5. The molecule has 148 valence electrons. The lowest BCUT2D eigenvalue weighted by Crippen LogP contribution is -2.38. The maximum Gasteiger partial charge on any atom is 0.272 e. The molecule has 0 bridgehead atoms. The van der Waals surface area contributed by atoms with Gasteiger partial charge in [0.1, 0.15) is 5.69 Å². The number of nitrogens with zero attached hydrogens (tertiary/aromatic N) is 3. The van der Waals surface area contributed by atoms with Gasteiger partial charge in [0.15, 0.2) is 0 Å². The zero-order valence-electron chi connectivity index (χ0n) is 17.5. The van der Waals surface area contributed by atoms with E-state index < -0.39 is 0 Å². The molecule has 1 saturated heterocycles. The Kier molecular flexibility index (Phi) is 4.56. The third kappa shape index (κ3) is 3.34. The number of H-pyrrole nitrogens is 1. The zero-order valence-corrected chi connectivity index (χ0v) is 17.5. The Bertz CT molecular complexity index is 1010. The first-order valence-electron chi connectivity index (χ1n) is 10.2. The number of aryl methyl sites for hydroxylation is 2. The number of aromatic nitrogens is 3. The molecule has 5 heteroatoms. The van der Waals surface area contributed by atoms with Gasteiger partial charge in [0.2, 0.25) is 0 Å². The van der Waals surface area contributed by atoms with Crippen LogP contribution in [-0.4, -0.2) is 38.7 Å². The summed E-state index contributed by atoms with van der Waals surface area (Å²) in [7, 11) is 1.86. The van der Waals surface area contributed by atoms with Crippen LogP contribution in [-0.2, 0) is 12.5 Å². The van der Waals surface area contributed by atoms with Crippen LogP contribution in [0.1, 0.15) is 66.8 Å². The number of nitrogens with one attached hydrogen (secondary N) is 1. The van der Waals surface area contributed by atoms with Crippen molar-refractivity contribution in [2.45, 2.75) is 51.9 Å². The second kappa shape index (κ2) is 6.80. The monoisotopic (exact) mass is 378 g/mol. The van der Waals surface area contributed by atoms with Gasteiger partial charge in [-0.3, -0.25) is 9.48 Å². The molecule has 4 rings (SSSR count). The second-order valence-corrected chi connectivity index (χ2v) is 9.15. The van der Waals surface area contributed by atoms with E-state index in [1.165, 1.54) is 22.0 Å². The van der Waals surface area contributed by atoms with Crippen molar-refractivity contribution in [2.24, 2.45) is 7.05 Å². The lowest BCUT2D eigenvalue weighted by molar-refractivity contribution is 0.0702. The second-order valence-electron chi connectivity index (χ2n) is 9.15. The molecule has 0 radical (unpaired) electrons. The van der Waals surface area contributed by atoms with Crippen molar-refractivity contribution in [3.8, 4) is 0 Å². The van der Waals surface area contributed by atoms with Gasteiger partial charge in [0, 0.05) is 42.7 Å². The summed E-state index contributed by atoms with van der Waals surface area (Å²) in [5, 5.41) is 5.89. The predicted molar refractivity (Wildman–Crippen MR) is 113 cm³/mol. The van der Waals surface area contributed by atoms with Crippen molar-refractivity contribution in [3.05, 3.63) is 53.0 Å². The Balaban J connectivity index is 1.49. The van der Waals surface area contributed by atoms with E-state index in [0.717, 1.165) is 31.6 Å². The molecule has 3 aromatic rings. The third-order valence-corrected chi connectivity index (χ3v) is 5.96. The van der Waals surface area contributed by atoms with Crippen LogP contribution in [0.2, 0.25) is 0 Å². The maximum atomic E-state index is 13.1. The molecule has 0 atom stereocenters. The van der Waals surface area contributed by atoms with Gasteiger partial charge >= 0.3 is 0 Å². The molecule has 1 aliphatic heterocycles. The van der Waals surface area contributed by atoms with Crippen LogP contribution >= 0.6 is 0 Å².